The summed E-state index contributed by atoms with van der Waals surface area (Å²) in [7, 11) is -2.02. The monoisotopic (exact) mass is 511 g/mol. The summed E-state index contributed by atoms with van der Waals surface area (Å²) in [5.41, 5.74) is 0.698. The van der Waals surface area contributed by atoms with Crippen molar-refractivity contribution < 1.29 is 24.0 Å². The summed E-state index contributed by atoms with van der Waals surface area (Å²) in [5, 5.41) is 20.5. The first-order valence-corrected chi connectivity index (χ1v) is 15.7. The van der Waals surface area contributed by atoms with E-state index in [9.17, 15) is 20.0 Å². The highest BCUT2D eigenvalue weighted by Gasteiger charge is 2.48. The van der Waals surface area contributed by atoms with E-state index in [1.165, 1.54) is 12.1 Å². The Hall–Kier alpha value is -1.66. The number of benzene rings is 1. The minimum atomic E-state index is -2.02. The molecule has 2 fully saturated rings. The Balaban J connectivity index is 1.72. The lowest BCUT2D eigenvalue weighted by atomic mass is 10.2. The lowest BCUT2D eigenvalue weighted by molar-refractivity contribution is -0.384. The molecule has 0 radical (unpaired) electrons. The number of amides is 1. The third-order valence-electron chi connectivity index (χ3n) is 7.06. The van der Waals surface area contributed by atoms with Crippen molar-refractivity contribution in [1.82, 2.24) is 9.80 Å². The van der Waals surface area contributed by atoms with E-state index in [0.29, 0.717) is 18.7 Å². The summed E-state index contributed by atoms with van der Waals surface area (Å²) in [4.78, 5) is 27.6. The van der Waals surface area contributed by atoms with Gasteiger partial charge >= 0.3 is 6.09 Å². The zero-order chi connectivity index (χ0) is 25.1. The molecule has 34 heavy (non-hydrogen) atoms. The molecule has 1 aromatic carbocycles. The van der Waals surface area contributed by atoms with Gasteiger partial charge in [0.25, 0.3) is 5.69 Å². The van der Waals surface area contributed by atoms with Gasteiger partial charge < -0.3 is 19.2 Å². The Bertz CT molecular complexity index is 863. The third-order valence-corrected chi connectivity index (χ3v) is 13.0. The van der Waals surface area contributed by atoms with Crippen LogP contribution in [0.5, 0.6) is 0 Å². The molecular formula is C23H37N3O6SSi. The maximum absolute atomic E-state index is 13.2. The van der Waals surface area contributed by atoms with Crippen LogP contribution in [-0.2, 0) is 15.8 Å². The minimum Gasteiger partial charge on any atom is -0.445 e. The molecular weight excluding hydrogens is 474 g/mol. The largest absolute Gasteiger partial charge is 0.445 e. The molecule has 0 saturated carbocycles. The van der Waals surface area contributed by atoms with Gasteiger partial charge in [0.1, 0.15) is 6.61 Å². The fourth-order valence-corrected chi connectivity index (χ4v) is 7.01. The molecule has 190 valence electrons. The SMILES string of the molecule is CC(C)(C)[Si](C)(C)OC1CC(C2SCCN2CCO)N(C(=O)OCc2ccc([N+](=O)[O-])cc2)C1. The van der Waals surface area contributed by atoms with Gasteiger partial charge in [0.2, 0.25) is 0 Å². The van der Waals surface area contributed by atoms with E-state index in [0.717, 1.165) is 18.7 Å². The highest BCUT2D eigenvalue weighted by Crippen LogP contribution is 2.41. The van der Waals surface area contributed by atoms with Crippen LogP contribution in [0.1, 0.15) is 32.8 Å². The van der Waals surface area contributed by atoms with Crippen LogP contribution in [0.15, 0.2) is 24.3 Å². The van der Waals surface area contributed by atoms with Crippen molar-refractivity contribution in [2.75, 3.05) is 32.0 Å². The van der Waals surface area contributed by atoms with Crippen LogP contribution in [-0.4, -0.2) is 83.8 Å². The lowest BCUT2D eigenvalue weighted by Crippen LogP contribution is -2.48. The van der Waals surface area contributed by atoms with Gasteiger partial charge in [0, 0.05) is 37.5 Å². The Kier molecular flexibility index (Phi) is 8.67. The van der Waals surface area contributed by atoms with Crippen molar-refractivity contribution in [2.45, 2.75) is 69.5 Å². The molecule has 2 heterocycles. The van der Waals surface area contributed by atoms with E-state index in [-0.39, 0.29) is 41.5 Å². The van der Waals surface area contributed by atoms with Crippen LogP contribution in [0.4, 0.5) is 10.5 Å². The van der Waals surface area contributed by atoms with E-state index in [4.69, 9.17) is 9.16 Å². The average molecular weight is 512 g/mol. The molecule has 0 aromatic heterocycles. The smallest absolute Gasteiger partial charge is 0.410 e. The number of ether oxygens (including phenoxy) is 1. The Labute approximate surface area is 207 Å². The second-order valence-electron chi connectivity index (χ2n) is 10.5. The van der Waals surface area contributed by atoms with Crippen molar-refractivity contribution in [3.63, 3.8) is 0 Å². The first-order chi connectivity index (χ1) is 15.9. The molecule has 3 rings (SSSR count). The number of nitrogens with zero attached hydrogens (tertiary/aromatic N) is 3. The molecule has 1 N–H and O–H groups in total. The van der Waals surface area contributed by atoms with Crippen LogP contribution >= 0.6 is 11.8 Å². The molecule has 2 saturated heterocycles. The minimum absolute atomic E-state index is 0.00235. The molecule has 1 aromatic rings. The van der Waals surface area contributed by atoms with E-state index < -0.39 is 19.3 Å². The topological polar surface area (TPSA) is 105 Å². The van der Waals surface area contributed by atoms with Gasteiger partial charge in [-0.1, -0.05) is 20.8 Å². The number of non-ortho nitro benzene ring substituents is 1. The molecule has 0 bridgehead atoms. The first kappa shape index (κ1) is 26.9. The van der Waals surface area contributed by atoms with Crippen LogP contribution < -0.4 is 0 Å². The predicted molar refractivity (Wildman–Crippen MR) is 135 cm³/mol. The van der Waals surface area contributed by atoms with Gasteiger partial charge in [-0.2, -0.15) is 0 Å². The summed E-state index contributed by atoms with van der Waals surface area (Å²) in [6, 6.07) is 5.95. The Morgan fingerprint density at radius 3 is 2.56 bits per heavy atom. The zero-order valence-corrected chi connectivity index (χ0v) is 22.5. The fourth-order valence-electron chi connectivity index (χ4n) is 4.17. The maximum Gasteiger partial charge on any atom is 0.410 e. The van der Waals surface area contributed by atoms with Crippen LogP contribution in [0, 0.1) is 10.1 Å². The maximum atomic E-state index is 13.2. The molecule has 2 aliphatic heterocycles. The normalized spacial score (nSPS) is 23.9. The predicted octanol–water partition coefficient (Wildman–Crippen LogP) is 4.06. The van der Waals surface area contributed by atoms with E-state index in [1.807, 2.05) is 11.8 Å². The Morgan fingerprint density at radius 2 is 1.97 bits per heavy atom. The zero-order valence-electron chi connectivity index (χ0n) is 20.7. The summed E-state index contributed by atoms with van der Waals surface area (Å²) in [6.45, 7) is 13.1. The number of rotatable bonds is 8. The number of nitro benzene ring substituents is 1. The number of thioether (sulfide) groups is 1. The van der Waals surface area contributed by atoms with Gasteiger partial charge in [-0.25, -0.2) is 4.79 Å². The second kappa shape index (κ2) is 10.9. The Morgan fingerprint density at radius 1 is 1.29 bits per heavy atom. The summed E-state index contributed by atoms with van der Waals surface area (Å²) in [5.74, 6) is 0.959. The van der Waals surface area contributed by atoms with Crippen molar-refractivity contribution in [1.29, 1.82) is 0 Å². The quantitative estimate of drug-likeness (QED) is 0.316. The van der Waals surface area contributed by atoms with Crippen molar-refractivity contribution in [3.8, 4) is 0 Å². The van der Waals surface area contributed by atoms with Crippen molar-refractivity contribution >= 4 is 31.9 Å². The third kappa shape index (κ3) is 6.31. The molecule has 0 spiro atoms. The second-order valence-corrected chi connectivity index (χ2v) is 16.4. The first-order valence-electron chi connectivity index (χ1n) is 11.7. The molecule has 2 aliphatic rings. The summed E-state index contributed by atoms with van der Waals surface area (Å²) >= 11 is 1.81. The van der Waals surface area contributed by atoms with E-state index >= 15 is 0 Å². The van der Waals surface area contributed by atoms with Gasteiger partial charge in [0.15, 0.2) is 8.32 Å². The summed E-state index contributed by atoms with van der Waals surface area (Å²) in [6.07, 6.45) is 0.273. The molecule has 0 aliphatic carbocycles. The number of hydrogen-bond donors (Lipinski definition) is 1. The number of carbonyl (C=O) groups is 1. The lowest BCUT2D eigenvalue weighted by Gasteiger charge is -2.38. The number of aliphatic hydroxyl groups is 1. The number of β-amino-alcohol motifs (C(OH)–C–C–N with tert-alkyl or cyclic N) is 1. The number of nitro groups is 1. The molecule has 3 unspecified atom stereocenters. The van der Waals surface area contributed by atoms with Crippen molar-refractivity contribution in [2.24, 2.45) is 0 Å². The number of likely N-dealkylation sites (tertiary alicyclic amines) is 1. The van der Waals surface area contributed by atoms with Crippen LogP contribution in [0.25, 0.3) is 0 Å². The van der Waals surface area contributed by atoms with Gasteiger partial charge in [-0.05, 0) is 42.2 Å². The standard InChI is InChI=1S/C23H37N3O6SSi/c1-23(2,3)34(4,5)32-19-14-20(21-24(10-12-27)11-13-33-21)25(15-19)22(28)31-16-17-6-8-18(9-7-17)26(29)30/h6-9,19-21,27H,10-16H2,1-5H3. The highest BCUT2D eigenvalue weighted by atomic mass is 32.2. The molecule has 1 amide bonds. The number of aliphatic hydroxyl groups excluding tert-OH is 1. The summed E-state index contributed by atoms with van der Waals surface area (Å²) < 4.78 is 12.3. The molecule has 11 heteroatoms. The van der Waals surface area contributed by atoms with Crippen LogP contribution in [0.2, 0.25) is 18.1 Å². The number of carbonyl (C=O) groups excluding carboxylic acids is 1. The van der Waals surface area contributed by atoms with Gasteiger partial charge in [0.05, 0.1) is 29.0 Å². The van der Waals surface area contributed by atoms with Gasteiger partial charge in [-0.15, -0.1) is 11.8 Å². The van der Waals surface area contributed by atoms with Crippen LogP contribution in [0.3, 0.4) is 0 Å². The van der Waals surface area contributed by atoms with Gasteiger partial charge in [-0.3, -0.25) is 15.0 Å². The average Bonchev–Trinajstić information content (AvgIpc) is 3.38. The molecule has 3 atom stereocenters. The van der Waals surface area contributed by atoms with E-state index in [2.05, 4.69) is 38.8 Å². The van der Waals surface area contributed by atoms with E-state index in [1.54, 1.807) is 17.0 Å². The highest BCUT2D eigenvalue weighted by molar-refractivity contribution is 8.00. The molecule has 9 nitrogen and oxygen atoms in total. The van der Waals surface area contributed by atoms with Crippen molar-refractivity contribution in [3.05, 3.63) is 39.9 Å². The fraction of sp³-hybridized carbons (Fsp3) is 0.696. The number of hydrogen-bond acceptors (Lipinski definition) is 8.